The number of pyridine rings is 3. The SMILES string of the molecule is Cc1cc2c(cc1-c1cc3c4cccnc4n4c5ncccc5nc4c3cc1C)[nH]c1ccccc12. The molecule has 0 spiro atoms. The van der Waals surface area contributed by atoms with Crippen molar-refractivity contribution in [3.05, 3.63) is 96.3 Å². The molecule has 0 saturated carbocycles. The highest BCUT2D eigenvalue weighted by Crippen LogP contribution is 2.38. The van der Waals surface area contributed by atoms with E-state index < -0.39 is 0 Å². The van der Waals surface area contributed by atoms with Crippen molar-refractivity contribution in [2.75, 3.05) is 0 Å². The Kier molecular flexibility index (Phi) is 3.74. The fraction of sp³-hybridized carbons (Fsp3) is 0.0645. The zero-order valence-corrected chi connectivity index (χ0v) is 19.9. The highest BCUT2D eigenvalue weighted by atomic mass is 15.1. The lowest BCUT2D eigenvalue weighted by Crippen LogP contribution is -1.96. The molecule has 0 aliphatic rings. The first-order chi connectivity index (χ1) is 17.7. The quantitative estimate of drug-likeness (QED) is 0.256. The van der Waals surface area contributed by atoms with Crippen LogP contribution in [0.1, 0.15) is 11.1 Å². The van der Waals surface area contributed by atoms with Gasteiger partial charge in [-0.3, -0.25) is 4.40 Å². The fourth-order valence-electron chi connectivity index (χ4n) is 5.78. The van der Waals surface area contributed by atoms with Gasteiger partial charge in [0.25, 0.3) is 0 Å². The Morgan fingerprint density at radius 3 is 2.19 bits per heavy atom. The Morgan fingerprint density at radius 1 is 0.583 bits per heavy atom. The smallest absolute Gasteiger partial charge is 0.166 e. The van der Waals surface area contributed by atoms with Gasteiger partial charge in [-0.2, -0.15) is 0 Å². The second-order valence-corrected chi connectivity index (χ2v) is 9.59. The van der Waals surface area contributed by atoms with Crippen molar-refractivity contribution in [2.24, 2.45) is 0 Å². The number of para-hydroxylation sites is 1. The molecule has 0 radical (unpaired) electrons. The van der Waals surface area contributed by atoms with Gasteiger partial charge in [0.05, 0.1) is 0 Å². The summed E-state index contributed by atoms with van der Waals surface area (Å²) >= 11 is 0. The van der Waals surface area contributed by atoms with Crippen molar-refractivity contribution in [1.82, 2.24) is 24.3 Å². The van der Waals surface area contributed by atoms with Crippen molar-refractivity contribution >= 4 is 60.4 Å². The van der Waals surface area contributed by atoms with E-state index in [1.807, 2.05) is 30.6 Å². The van der Waals surface area contributed by atoms with Gasteiger partial charge in [0.15, 0.2) is 5.65 Å². The van der Waals surface area contributed by atoms with Crippen LogP contribution in [0.15, 0.2) is 85.2 Å². The Balaban J connectivity index is 1.49. The predicted octanol–water partition coefficient (Wildman–Crippen LogP) is 7.50. The average molecular weight is 464 g/mol. The zero-order chi connectivity index (χ0) is 24.0. The minimum absolute atomic E-state index is 0.833. The summed E-state index contributed by atoms with van der Waals surface area (Å²) in [5, 5.41) is 5.88. The molecule has 1 N–H and O–H groups in total. The van der Waals surface area contributed by atoms with Crippen LogP contribution in [0, 0.1) is 13.8 Å². The number of nitrogens with one attached hydrogen (secondary N) is 1. The molecule has 0 amide bonds. The largest absolute Gasteiger partial charge is 0.354 e. The van der Waals surface area contributed by atoms with Gasteiger partial charge in [-0.15, -0.1) is 0 Å². The maximum atomic E-state index is 4.98. The molecule has 8 rings (SSSR count). The van der Waals surface area contributed by atoms with Crippen molar-refractivity contribution in [2.45, 2.75) is 13.8 Å². The van der Waals surface area contributed by atoms with Gasteiger partial charge in [0.1, 0.15) is 16.8 Å². The molecule has 0 bridgehead atoms. The molecule has 0 fully saturated rings. The molecule has 0 unspecified atom stereocenters. The second-order valence-electron chi connectivity index (χ2n) is 9.59. The first kappa shape index (κ1) is 19.5. The van der Waals surface area contributed by atoms with Gasteiger partial charge in [0, 0.05) is 45.0 Å². The lowest BCUT2D eigenvalue weighted by Gasteiger charge is -2.14. The summed E-state index contributed by atoms with van der Waals surface area (Å²) in [7, 11) is 0. The van der Waals surface area contributed by atoms with Crippen LogP contribution in [-0.4, -0.2) is 24.3 Å². The van der Waals surface area contributed by atoms with Crippen LogP contribution in [0.3, 0.4) is 0 Å². The summed E-state index contributed by atoms with van der Waals surface area (Å²) < 4.78 is 2.09. The van der Waals surface area contributed by atoms with Crippen LogP contribution < -0.4 is 0 Å². The minimum atomic E-state index is 0.833. The summed E-state index contributed by atoms with van der Waals surface area (Å²) in [6.07, 6.45) is 3.65. The topological polar surface area (TPSA) is 58.9 Å². The molecule has 5 nitrogen and oxygen atoms in total. The van der Waals surface area contributed by atoms with E-state index in [1.54, 1.807) is 0 Å². The number of fused-ring (bicyclic) bond motifs is 11. The summed E-state index contributed by atoms with van der Waals surface area (Å²) in [4.78, 5) is 18.0. The summed E-state index contributed by atoms with van der Waals surface area (Å²) in [6.45, 7) is 4.39. The Morgan fingerprint density at radius 2 is 1.31 bits per heavy atom. The van der Waals surface area contributed by atoms with Crippen molar-refractivity contribution < 1.29 is 0 Å². The maximum absolute atomic E-state index is 4.98. The van der Waals surface area contributed by atoms with E-state index in [2.05, 4.69) is 82.8 Å². The van der Waals surface area contributed by atoms with E-state index in [4.69, 9.17) is 9.97 Å². The van der Waals surface area contributed by atoms with Gasteiger partial charge < -0.3 is 4.98 Å². The van der Waals surface area contributed by atoms with Crippen molar-refractivity contribution in [3.8, 4) is 11.1 Å². The molecule has 5 heteroatoms. The predicted molar refractivity (Wildman–Crippen MR) is 148 cm³/mol. The normalized spacial score (nSPS) is 12.2. The third kappa shape index (κ3) is 2.52. The molecule has 3 aromatic carbocycles. The first-order valence-electron chi connectivity index (χ1n) is 12.1. The third-order valence-corrected chi connectivity index (χ3v) is 7.45. The Labute approximate surface area is 206 Å². The van der Waals surface area contributed by atoms with Crippen LogP contribution in [0.25, 0.3) is 71.5 Å². The molecule has 8 aromatic rings. The van der Waals surface area contributed by atoms with Gasteiger partial charge in [-0.05, 0) is 96.1 Å². The van der Waals surface area contributed by atoms with Crippen LogP contribution >= 0.6 is 0 Å². The highest BCUT2D eigenvalue weighted by Gasteiger charge is 2.18. The first-order valence-corrected chi connectivity index (χ1v) is 12.1. The number of hydrogen-bond donors (Lipinski definition) is 1. The molecule has 0 saturated heterocycles. The zero-order valence-electron chi connectivity index (χ0n) is 19.9. The number of hydrogen-bond acceptors (Lipinski definition) is 3. The fourth-order valence-corrected chi connectivity index (χ4v) is 5.78. The van der Waals surface area contributed by atoms with E-state index >= 15 is 0 Å². The lowest BCUT2D eigenvalue weighted by atomic mass is 9.92. The molecular formula is C31H21N5. The number of imidazole rings is 1. The molecule has 5 aromatic heterocycles. The van der Waals surface area contributed by atoms with Crippen LogP contribution in [0.2, 0.25) is 0 Å². The van der Waals surface area contributed by atoms with Crippen LogP contribution in [0.4, 0.5) is 0 Å². The monoisotopic (exact) mass is 463 g/mol. The summed E-state index contributed by atoms with van der Waals surface area (Å²) in [5.74, 6) is 0. The molecule has 0 aliphatic carbocycles. The van der Waals surface area contributed by atoms with Crippen LogP contribution in [-0.2, 0) is 0 Å². The Hall–Kier alpha value is -4.77. The number of aromatic amines is 1. The molecule has 0 atom stereocenters. The maximum Gasteiger partial charge on any atom is 0.166 e. The summed E-state index contributed by atoms with van der Waals surface area (Å²) in [6, 6.07) is 25.8. The van der Waals surface area contributed by atoms with Gasteiger partial charge in [0.2, 0.25) is 0 Å². The molecule has 36 heavy (non-hydrogen) atoms. The molecule has 0 aliphatic heterocycles. The van der Waals surface area contributed by atoms with E-state index in [1.165, 1.54) is 38.5 Å². The van der Waals surface area contributed by atoms with E-state index in [0.29, 0.717) is 0 Å². The molecule has 5 heterocycles. The lowest BCUT2D eigenvalue weighted by molar-refractivity contribution is 1.20. The number of rotatable bonds is 1. The van der Waals surface area contributed by atoms with Crippen molar-refractivity contribution in [3.63, 3.8) is 0 Å². The number of nitrogens with zero attached hydrogens (tertiary/aromatic N) is 4. The summed E-state index contributed by atoms with van der Waals surface area (Å²) in [5.41, 5.74) is 10.7. The Bertz CT molecular complexity index is 2180. The average Bonchev–Trinajstić information content (AvgIpc) is 3.47. The highest BCUT2D eigenvalue weighted by molar-refractivity contribution is 6.14. The second kappa shape index (κ2) is 6.89. The van der Waals surface area contributed by atoms with Gasteiger partial charge in [-0.1, -0.05) is 18.2 Å². The van der Waals surface area contributed by atoms with Gasteiger partial charge >= 0.3 is 0 Å². The number of aryl methyl sites for hydroxylation is 2. The number of H-pyrrole nitrogens is 1. The van der Waals surface area contributed by atoms with E-state index in [9.17, 15) is 0 Å². The standard InChI is InChI=1S/C31H21N5/c1-17-13-24-19-7-3-4-9-26(19)34-28(24)16-22(17)21-15-23-20-8-5-11-32-29(20)36-30(25(23)14-18(21)2)35-27-10-6-12-33-31(27)36/h3-16,34H,1-2H3. The molecule has 170 valence electrons. The van der Waals surface area contributed by atoms with E-state index in [-0.39, 0.29) is 0 Å². The number of benzene rings is 3. The van der Waals surface area contributed by atoms with Gasteiger partial charge in [-0.25, -0.2) is 15.0 Å². The number of aromatic nitrogens is 5. The minimum Gasteiger partial charge on any atom is -0.354 e. The van der Waals surface area contributed by atoms with Crippen molar-refractivity contribution in [1.29, 1.82) is 0 Å². The van der Waals surface area contributed by atoms with E-state index in [0.717, 1.165) is 44.1 Å². The molecular weight excluding hydrogens is 442 g/mol. The van der Waals surface area contributed by atoms with Crippen LogP contribution in [0.5, 0.6) is 0 Å². The third-order valence-electron chi connectivity index (χ3n) is 7.45.